The van der Waals surface area contributed by atoms with Crippen molar-refractivity contribution in [2.24, 2.45) is 69.0 Å². The lowest BCUT2D eigenvalue weighted by Gasteiger charge is -2.28. The largest absolute Gasteiger partial charge is 0.481 e. The van der Waals surface area contributed by atoms with Crippen LogP contribution in [0.2, 0.25) is 0 Å². The molecule has 0 rings (SSSR count). The van der Waals surface area contributed by atoms with Crippen molar-refractivity contribution in [1.82, 2.24) is 47.9 Å². The van der Waals surface area contributed by atoms with E-state index >= 15 is 0 Å². The number of hydrogen-bond donors (Lipinski definition) is 17. The summed E-state index contributed by atoms with van der Waals surface area (Å²) in [7, 11) is 0. The molecule has 0 saturated heterocycles. The second-order valence-corrected chi connectivity index (χ2v) is 22.7. The van der Waals surface area contributed by atoms with Crippen molar-refractivity contribution in [3.05, 3.63) is 0 Å². The van der Waals surface area contributed by atoms with E-state index < -0.39 is 169 Å². The SMILES string of the molecule is CC(C)C[C@H](NC(=O)[C@H](CC(C)C)NC(=O)[C@H](CC(N)=O)NC(=O)[C@H](CC(=O)O)NC(=O)[C@H](CC(N)=O)NC(=O)[C@H](CC(N)=O)NC(=O)[C@H](CC(C)C)NC(=O)[C@H](CC(C)C)NC(=O)[C@@H](N)CC(C)C)C(=O)N[C@@H](CCCN=C(N)N)C(=O)O. The van der Waals surface area contributed by atoms with E-state index in [-0.39, 0.29) is 80.6 Å². The van der Waals surface area contributed by atoms with Crippen molar-refractivity contribution in [3.63, 3.8) is 0 Å². The summed E-state index contributed by atoms with van der Waals surface area (Å²) in [5, 5.41) is 40.7. The average Bonchev–Trinajstić information content (AvgIpc) is 3.39. The van der Waals surface area contributed by atoms with Gasteiger partial charge in [0.2, 0.25) is 70.9 Å². The van der Waals surface area contributed by atoms with Crippen LogP contribution < -0.4 is 82.3 Å². The van der Waals surface area contributed by atoms with Gasteiger partial charge in [-0.25, -0.2) is 4.79 Å². The van der Waals surface area contributed by atoms with Gasteiger partial charge in [-0.15, -0.1) is 0 Å². The fourth-order valence-electron chi connectivity index (χ4n) is 8.26. The van der Waals surface area contributed by atoms with Crippen molar-refractivity contribution in [1.29, 1.82) is 0 Å². The van der Waals surface area contributed by atoms with E-state index in [2.05, 4.69) is 47.5 Å². The Labute approximate surface area is 488 Å². The number of guanidine groups is 1. The highest BCUT2D eigenvalue weighted by atomic mass is 16.4. The molecule has 0 aliphatic heterocycles. The van der Waals surface area contributed by atoms with Gasteiger partial charge in [-0.05, 0) is 74.5 Å². The van der Waals surface area contributed by atoms with Crippen LogP contribution >= 0.6 is 0 Å². The van der Waals surface area contributed by atoms with Crippen LogP contribution in [-0.4, -0.2) is 166 Å². The number of carboxylic acid groups (broad SMARTS) is 2. The number of aliphatic imine (C=N–C) groups is 1. The maximum absolute atomic E-state index is 13.9. The third-order valence-electron chi connectivity index (χ3n) is 12.1. The predicted molar refractivity (Wildman–Crippen MR) is 304 cm³/mol. The van der Waals surface area contributed by atoms with Crippen LogP contribution in [0.4, 0.5) is 0 Å². The zero-order chi connectivity index (χ0) is 64.9. The van der Waals surface area contributed by atoms with Gasteiger partial charge in [-0.2, -0.15) is 0 Å². The first-order valence-electron chi connectivity index (χ1n) is 27.7. The molecule has 84 heavy (non-hydrogen) atoms. The number of rotatable bonds is 41. The molecule has 0 aliphatic carbocycles. The highest BCUT2D eigenvalue weighted by molar-refractivity contribution is 6.01. The van der Waals surface area contributed by atoms with Gasteiger partial charge in [-0.1, -0.05) is 69.2 Å². The Bertz CT molecular complexity index is 2340. The van der Waals surface area contributed by atoms with Crippen LogP contribution in [0, 0.1) is 29.6 Å². The molecule has 0 radical (unpaired) electrons. The summed E-state index contributed by atoms with van der Waals surface area (Å²) in [6.45, 7) is 17.6. The Balaban J connectivity index is 6.83. The van der Waals surface area contributed by atoms with E-state index in [9.17, 15) is 77.3 Å². The van der Waals surface area contributed by atoms with Crippen molar-refractivity contribution >= 4 is 88.8 Å². The summed E-state index contributed by atoms with van der Waals surface area (Å²) in [5.41, 5.74) is 33.0. The molecular weight excluding hydrogens is 1100 g/mol. The van der Waals surface area contributed by atoms with E-state index in [1.54, 1.807) is 55.4 Å². The number of carboxylic acids is 2. The highest BCUT2D eigenvalue weighted by Crippen LogP contribution is 2.14. The Morgan fingerprint density at radius 2 is 0.583 bits per heavy atom. The molecule has 0 aromatic rings. The standard InChI is InChI=1S/C52H92N16O16/c1-23(2)14-28(53)42(74)61-30(15-24(3)4)44(76)63-33(18-27(9)10)46(78)65-35(20-39(55)70)48(80)66-36(21-40(56)71)49(81)68-37(22-41(72)73)50(82)67-34(19-38(54)69)47(79)64-32(17-26(7)8)45(77)62-31(16-25(5)6)43(75)60-29(51(83)84)12-11-13-59-52(57)58/h23-37H,11-22,53H2,1-10H3,(H2,54,69)(H2,55,70)(H2,56,71)(H,60,75)(H,61,74)(H,62,77)(H,63,76)(H,64,79)(H,65,78)(H,66,80)(H,67,82)(H,68,81)(H,72,73)(H,83,84)(H4,57,58,59)/t28-,29-,30-,31-,32-,33-,34-,35-,36-,37-/m0/s1. The molecule has 32 nitrogen and oxygen atoms in total. The quantitative estimate of drug-likeness (QED) is 0.0155. The van der Waals surface area contributed by atoms with Crippen molar-refractivity contribution in [3.8, 4) is 0 Å². The second-order valence-electron chi connectivity index (χ2n) is 22.7. The fourth-order valence-corrected chi connectivity index (χ4v) is 8.26. The first kappa shape index (κ1) is 75.8. The normalized spacial score (nSPS) is 14.8. The molecule has 12 amide bonds. The number of nitrogens with two attached hydrogens (primary N) is 6. The lowest BCUT2D eigenvalue weighted by molar-refractivity contribution is -0.143. The molecule has 10 atom stereocenters. The molecule has 0 aromatic heterocycles. The topological polar surface area (TPSA) is 556 Å². The molecule has 0 aromatic carbocycles. The van der Waals surface area contributed by atoms with Crippen LogP contribution in [0.3, 0.4) is 0 Å². The van der Waals surface area contributed by atoms with Crippen molar-refractivity contribution in [2.75, 3.05) is 6.54 Å². The van der Waals surface area contributed by atoms with E-state index in [4.69, 9.17) is 34.4 Å². The van der Waals surface area contributed by atoms with Gasteiger partial charge in [0.25, 0.3) is 0 Å². The second kappa shape index (κ2) is 37.8. The third-order valence-corrected chi connectivity index (χ3v) is 12.1. The number of hydrogen-bond acceptors (Lipinski definition) is 16. The van der Waals surface area contributed by atoms with Crippen LogP contribution in [-0.2, 0) is 67.1 Å². The van der Waals surface area contributed by atoms with E-state index in [0.29, 0.717) is 6.42 Å². The zero-order valence-electron chi connectivity index (χ0n) is 49.7. The third kappa shape index (κ3) is 31.9. The van der Waals surface area contributed by atoms with E-state index in [0.717, 1.165) is 0 Å². The molecule has 0 saturated carbocycles. The van der Waals surface area contributed by atoms with E-state index in [1.165, 1.54) is 0 Å². The van der Waals surface area contributed by atoms with Gasteiger partial charge in [0.05, 0.1) is 31.7 Å². The monoisotopic (exact) mass is 1200 g/mol. The first-order chi connectivity index (χ1) is 38.8. The number of nitrogens with zero attached hydrogens (tertiary/aromatic N) is 1. The maximum atomic E-state index is 13.9. The molecule has 476 valence electrons. The summed E-state index contributed by atoms with van der Waals surface area (Å²) in [5.74, 6) is -17.6. The average molecular weight is 1200 g/mol. The number of amides is 12. The summed E-state index contributed by atoms with van der Waals surface area (Å²) in [6, 6.07) is -15.9. The number of primary amides is 3. The maximum Gasteiger partial charge on any atom is 0.326 e. The van der Waals surface area contributed by atoms with Gasteiger partial charge in [0.1, 0.15) is 54.4 Å². The molecule has 23 N–H and O–H groups in total. The van der Waals surface area contributed by atoms with Gasteiger partial charge in [0.15, 0.2) is 5.96 Å². The van der Waals surface area contributed by atoms with Crippen LogP contribution in [0.5, 0.6) is 0 Å². The molecular formula is C52H92N16O16. The van der Waals surface area contributed by atoms with Crippen molar-refractivity contribution < 1.29 is 77.3 Å². The van der Waals surface area contributed by atoms with Gasteiger partial charge in [0, 0.05) is 6.54 Å². The molecule has 0 bridgehead atoms. The zero-order valence-corrected chi connectivity index (χ0v) is 49.7. The minimum absolute atomic E-state index is 0.00969. The van der Waals surface area contributed by atoms with Gasteiger partial charge >= 0.3 is 11.9 Å². The van der Waals surface area contributed by atoms with Gasteiger partial charge in [-0.3, -0.25) is 67.3 Å². The lowest BCUT2D eigenvalue weighted by Crippen LogP contribution is -2.61. The Hall–Kier alpha value is -8.19. The summed E-state index contributed by atoms with van der Waals surface area (Å²) in [6.07, 6.45) is -3.85. The van der Waals surface area contributed by atoms with Crippen LogP contribution in [0.15, 0.2) is 4.99 Å². The fraction of sp³-hybridized carbons (Fsp3) is 0.712. The molecule has 0 unspecified atom stereocenters. The Morgan fingerprint density at radius 3 is 0.821 bits per heavy atom. The smallest absolute Gasteiger partial charge is 0.326 e. The van der Waals surface area contributed by atoms with E-state index in [1.807, 2.05) is 19.2 Å². The number of aliphatic carboxylic acids is 2. The number of carbonyl (C=O) groups excluding carboxylic acids is 12. The summed E-state index contributed by atoms with van der Waals surface area (Å²) >= 11 is 0. The van der Waals surface area contributed by atoms with Crippen LogP contribution in [0.25, 0.3) is 0 Å². The molecule has 32 heteroatoms. The molecule has 0 fully saturated rings. The number of carbonyl (C=O) groups is 14. The lowest BCUT2D eigenvalue weighted by atomic mass is 9.98. The summed E-state index contributed by atoms with van der Waals surface area (Å²) < 4.78 is 0. The first-order valence-corrected chi connectivity index (χ1v) is 27.7. The minimum atomic E-state index is -2.17. The minimum Gasteiger partial charge on any atom is -0.481 e. The highest BCUT2D eigenvalue weighted by Gasteiger charge is 2.38. The predicted octanol–water partition coefficient (Wildman–Crippen LogP) is -4.85. The molecule has 0 spiro atoms. The van der Waals surface area contributed by atoms with Crippen LogP contribution in [0.1, 0.15) is 140 Å². The van der Waals surface area contributed by atoms with Crippen molar-refractivity contribution in [2.45, 2.75) is 200 Å². The molecule has 0 aliphatic rings. The van der Waals surface area contributed by atoms with Gasteiger partial charge < -0.3 is 92.5 Å². The number of nitrogens with one attached hydrogen (secondary N) is 9. The Kier molecular flexibility index (Phi) is 34.1. The summed E-state index contributed by atoms with van der Waals surface area (Å²) in [4.78, 5) is 189. The molecule has 0 heterocycles. The Morgan fingerprint density at radius 1 is 0.345 bits per heavy atom.